The lowest BCUT2D eigenvalue weighted by molar-refractivity contribution is -0.136. The summed E-state index contributed by atoms with van der Waals surface area (Å²) in [6.45, 7) is 0. The first kappa shape index (κ1) is 14.7. The lowest BCUT2D eigenvalue weighted by Crippen LogP contribution is -2.14. The minimum absolute atomic E-state index is 0.308. The molecule has 0 aliphatic rings. The van der Waals surface area contributed by atoms with Crippen molar-refractivity contribution in [3.63, 3.8) is 0 Å². The zero-order valence-electron chi connectivity index (χ0n) is 10.7. The minimum Gasteiger partial charge on any atom is -0.315 e. The first-order valence-electron chi connectivity index (χ1n) is 6.01. The fourth-order valence-electron chi connectivity index (χ4n) is 1.64. The van der Waals surface area contributed by atoms with Crippen LogP contribution in [0.3, 0.4) is 0 Å². The molecule has 1 amide bonds. The molecule has 0 unspecified atom stereocenters. The molecule has 0 radical (unpaired) electrons. The van der Waals surface area contributed by atoms with E-state index in [9.17, 15) is 18.0 Å². The summed E-state index contributed by atoms with van der Waals surface area (Å²) in [6.07, 6.45) is -4.53. The van der Waals surface area contributed by atoms with E-state index in [0.717, 1.165) is 6.07 Å². The highest BCUT2D eigenvalue weighted by Crippen LogP contribution is 2.34. The highest BCUT2D eigenvalue weighted by molar-refractivity contribution is 6.04. The number of hydrogen-bond acceptors (Lipinski definition) is 1. The normalized spacial score (nSPS) is 10.4. The van der Waals surface area contributed by atoms with Gasteiger partial charge in [0, 0.05) is 11.5 Å². The van der Waals surface area contributed by atoms with Gasteiger partial charge in [0.25, 0.3) is 0 Å². The molecule has 2 nitrogen and oxygen atoms in total. The number of carbonyl (C=O) groups excluding carboxylic acids is 1. The van der Waals surface area contributed by atoms with Gasteiger partial charge in [-0.1, -0.05) is 36.3 Å². The van der Waals surface area contributed by atoms with E-state index in [0.29, 0.717) is 5.56 Å². The van der Waals surface area contributed by atoms with Crippen LogP contribution >= 0.6 is 0 Å². The molecule has 0 spiro atoms. The van der Waals surface area contributed by atoms with Gasteiger partial charge in [0.15, 0.2) is 0 Å². The maximum Gasteiger partial charge on any atom is 0.418 e. The van der Waals surface area contributed by atoms with Crippen molar-refractivity contribution in [3.8, 4) is 11.8 Å². The molecule has 21 heavy (non-hydrogen) atoms. The van der Waals surface area contributed by atoms with Crippen molar-refractivity contribution in [2.75, 3.05) is 5.32 Å². The fraction of sp³-hybridized carbons (Fsp3) is 0.0625. The van der Waals surface area contributed by atoms with Crippen molar-refractivity contribution in [3.05, 3.63) is 65.7 Å². The van der Waals surface area contributed by atoms with Crippen LogP contribution < -0.4 is 5.32 Å². The van der Waals surface area contributed by atoms with Crippen molar-refractivity contribution >= 4 is 11.6 Å². The van der Waals surface area contributed by atoms with Gasteiger partial charge in [0.2, 0.25) is 0 Å². The van der Waals surface area contributed by atoms with Crippen LogP contribution in [0, 0.1) is 11.8 Å². The van der Waals surface area contributed by atoms with Crippen LogP contribution in [0.5, 0.6) is 0 Å². The standard InChI is InChI=1S/C16H10F3NO/c17-16(18,19)13-8-4-5-9-14(13)20-15(21)11-10-12-6-2-1-3-7-12/h1-9H,(H,20,21). The molecular weight excluding hydrogens is 279 g/mol. The molecule has 0 aliphatic heterocycles. The van der Waals surface area contributed by atoms with E-state index in [1.165, 1.54) is 18.2 Å². The molecule has 1 N–H and O–H groups in total. The van der Waals surface area contributed by atoms with Crippen LogP contribution in [0.15, 0.2) is 54.6 Å². The van der Waals surface area contributed by atoms with Crippen LogP contribution in [0.2, 0.25) is 0 Å². The molecule has 5 heteroatoms. The van der Waals surface area contributed by atoms with E-state index < -0.39 is 17.6 Å². The van der Waals surface area contributed by atoms with Crippen LogP contribution in [-0.2, 0) is 11.0 Å². The molecule has 0 heterocycles. The largest absolute Gasteiger partial charge is 0.418 e. The van der Waals surface area contributed by atoms with E-state index in [2.05, 4.69) is 17.2 Å². The van der Waals surface area contributed by atoms with Crippen molar-refractivity contribution in [1.29, 1.82) is 0 Å². The zero-order valence-corrected chi connectivity index (χ0v) is 10.7. The molecule has 2 rings (SSSR count). The number of hydrogen-bond donors (Lipinski definition) is 1. The molecule has 106 valence electrons. The second-order valence-electron chi connectivity index (χ2n) is 4.11. The number of amides is 1. The first-order chi connectivity index (χ1) is 9.97. The van der Waals surface area contributed by atoms with E-state index in [1.54, 1.807) is 30.3 Å². The number of alkyl halides is 3. The van der Waals surface area contributed by atoms with Gasteiger partial charge in [0.05, 0.1) is 11.3 Å². The van der Waals surface area contributed by atoms with Crippen molar-refractivity contribution in [1.82, 2.24) is 0 Å². The number of halogens is 3. The Morgan fingerprint density at radius 2 is 1.57 bits per heavy atom. The topological polar surface area (TPSA) is 29.1 Å². The lowest BCUT2D eigenvalue weighted by atomic mass is 10.1. The predicted molar refractivity (Wildman–Crippen MR) is 73.4 cm³/mol. The predicted octanol–water partition coefficient (Wildman–Crippen LogP) is 3.70. The number of benzene rings is 2. The van der Waals surface area contributed by atoms with Gasteiger partial charge in [-0.25, -0.2) is 0 Å². The highest BCUT2D eigenvalue weighted by atomic mass is 19.4. The molecule has 0 fully saturated rings. The molecule has 2 aromatic carbocycles. The van der Waals surface area contributed by atoms with E-state index >= 15 is 0 Å². The summed E-state index contributed by atoms with van der Waals surface area (Å²) in [5.41, 5.74) is -0.603. The third kappa shape index (κ3) is 4.11. The molecule has 0 bridgehead atoms. The van der Waals surface area contributed by atoms with Crippen LogP contribution in [0.4, 0.5) is 18.9 Å². The number of nitrogens with one attached hydrogen (secondary N) is 1. The minimum atomic E-state index is -4.53. The van der Waals surface area contributed by atoms with Crippen LogP contribution in [-0.4, -0.2) is 5.91 Å². The first-order valence-corrected chi connectivity index (χ1v) is 6.01. The maximum absolute atomic E-state index is 12.8. The fourth-order valence-corrected chi connectivity index (χ4v) is 1.64. The average molecular weight is 289 g/mol. The number of para-hydroxylation sites is 1. The van der Waals surface area contributed by atoms with Crippen LogP contribution in [0.25, 0.3) is 0 Å². The van der Waals surface area contributed by atoms with Gasteiger partial charge in [-0.3, -0.25) is 4.79 Å². The molecule has 0 saturated carbocycles. The molecule has 2 aromatic rings. The number of rotatable bonds is 1. The quantitative estimate of drug-likeness (QED) is 0.797. The van der Waals surface area contributed by atoms with Gasteiger partial charge in [-0.2, -0.15) is 13.2 Å². The second-order valence-corrected chi connectivity index (χ2v) is 4.11. The molecule has 0 aliphatic carbocycles. The Bertz CT molecular complexity index is 697. The Morgan fingerprint density at radius 1 is 0.952 bits per heavy atom. The summed E-state index contributed by atoms with van der Waals surface area (Å²) in [4.78, 5) is 11.6. The summed E-state index contributed by atoms with van der Waals surface area (Å²) < 4.78 is 38.3. The monoisotopic (exact) mass is 289 g/mol. The average Bonchev–Trinajstić information content (AvgIpc) is 2.46. The highest BCUT2D eigenvalue weighted by Gasteiger charge is 2.33. The Hall–Kier alpha value is -2.74. The SMILES string of the molecule is O=C(C#Cc1ccccc1)Nc1ccccc1C(F)(F)F. The van der Waals surface area contributed by atoms with Gasteiger partial charge < -0.3 is 5.32 Å². The van der Waals surface area contributed by atoms with Gasteiger partial charge in [-0.05, 0) is 24.3 Å². The molecule has 0 aromatic heterocycles. The zero-order chi connectivity index (χ0) is 15.3. The maximum atomic E-state index is 12.8. The lowest BCUT2D eigenvalue weighted by Gasteiger charge is -2.11. The van der Waals surface area contributed by atoms with E-state index in [1.807, 2.05) is 0 Å². The van der Waals surface area contributed by atoms with E-state index in [4.69, 9.17) is 0 Å². The molecular formula is C16H10F3NO. The second kappa shape index (κ2) is 6.14. The van der Waals surface area contributed by atoms with Gasteiger partial charge in [0.1, 0.15) is 0 Å². The third-order valence-corrected chi connectivity index (χ3v) is 2.57. The summed E-state index contributed by atoms with van der Waals surface area (Å²) in [5, 5.41) is 2.15. The van der Waals surface area contributed by atoms with Gasteiger partial charge in [-0.15, -0.1) is 0 Å². The van der Waals surface area contributed by atoms with E-state index in [-0.39, 0.29) is 5.69 Å². The number of anilines is 1. The van der Waals surface area contributed by atoms with Crippen LogP contribution in [0.1, 0.15) is 11.1 Å². The summed E-state index contributed by atoms with van der Waals surface area (Å²) in [5.74, 6) is 4.04. The Balaban J connectivity index is 2.17. The van der Waals surface area contributed by atoms with Gasteiger partial charge >= 0.3 is 12.1 Å². The molecule has 0 atom stereocenters. The summed E-state index contributed by atoms with van der Waals surface area (Å²) in [7, 11) is 0. The number of carbonyl (C=O) groups is 1. The van der Waals surface area contributed by atoms with Crippen molar-refractivity contribution in [2.45, 2.75) is 6.18 Å². The van der Waals surface area contributed by atoms with Crippen molar-refractivity contribution < 1.29 is 18.0 Å². The smallest absolute Gasteiger partial charge is 0.315 e. The summed E-state index contributed by atoms with van der Waals surface area (Å²) >= 11 is 0. The Kier molecular flexibility index (Phi) is 4.29. The molecule has 0 saturated heterocycles. The summed E-state index contributed by atoms with van der Waals surface area (Å²) in [6, 6.07) is 13.5. The third-order valence-electron chi connectivity index (χ3n) is 2.57. The van der Waals surface area contributed by atoms with Crippen molar-refractivity contribution in [2.24, 2.45) is 0 Å². The Labute approximate surface area is 119 Å². The Morgan fingerprint density at radius 3 is 2.24 bits per heavy atom.